The van der Waals surface area contributed by atoms with E-state index < -0.39 is 74.1 Å². The minimum absolute atomic E-state index is 0.208. The molecule has 0 bridgehead atoms. The smallest absolute Gasteiger partial charge is 0.335 e. The van der Waals surface area contributed by atoms with E-state index in [0.29, 0.717) is 0 Å². The van der Waals surface area contributed by atoms with Crippen molar-refractivity contribution in [3.8, 4) is 0 Å². The molecule has 3 rings (SSSR count). The van der Waals surface area contributed by atoms with Gasteiger partial charge in [-0.25, -0.2) is 4.79 Å². The molecule has 0 amide bonds. The summed E-state index contributed by atoms with van der Waals surface area (Å²) in [6, 6.07) is 0. The number of rotatable bonds is 5. The average molecular weight is 390 g/mol. The number of fused-ring (bicyclic) bond motifs is 1. The fourth-order valence-electron chi connectivity index (χ4n) is 3.68. The van der Waals surface area contributed by atoms with Crippen LogP contribution in [0.3, 0.4) is 0 Å². The molecule has 1 aliphatic carbocycles. The van der Waals surface area contributed by atoms with Crippen LogP contribution in [-0.4, -0.2) is 98.0 Å². The molecule has 0 saturated carbocycles. The van der Waals surface area contributed by atoms with Crippen molar-refractivity contribution in [1.82, 2.24) is 0 Å². The SMILES string of the molecule is O=C(O)C1=CO[C@H](O[C@H]2O[C@H](CO)[C@@H](O)[C@H](O)[C@H]2O)[C@@H]2C(CO)=C[C@@H](O)[C@H]12. The van der Waals surface area contributed by atoms with Crippen molar-refractivity contribution in [3.05, 3.63) is 23.5 Å². The van der Waals surface area contributed by atoms with E-state index in [1.54, 1.807) is 0 Å². The largest absolute Gasteiger partial charge is 0.478 e. The number of aliphatic carboxylic acids is 1. The van der Waals surface area contributed by atoms with Crippen LogP contribution in [0.5, 0.6) is 0 Å². The minimum atomic E-state index is -1.68. The Morgan fingerprint density at radius 1 is 1.04 bits per heavy atom. The molecular formula is C16H22O11. The van der Waals surface area contributed by atoms with Crippen molar-refractivity contribution >= 4 is 5.97 Å². The summed E-state index contributed by atoms with van der Waals surface area (Å²) >= 11 is 0. The molecular weight excluding hydrogens is 368 g/mol. The first-order valence-corrected chi connectivity index (χ1v) is 8.34. The molecule has 11 heteroatoms. The van der Waals surface area contributed by atoms with Crippen molar-refractivity contribution < 1.29 is 54.8 Å². The Bertz CT molecular complexity index is 630. The molecule has 9 atom stereocenters. The summed E-state index contributed by atoms with van der Waals surface area (Å²) in [5.74, 6) is -3.13. The van der Waals surface area contributed by atoms with Crippen LogP contribution in [0.4, 0.5) is 0 Å². The highest BCUT2D eigenvalue weighted by Crippen LogP contribution is 2.44. The lowest BCUT2D eigenvalue weighted by Crippen LogP contribution is -2.60. The van der Waals surface area contributed by atoms with Gasteiger partial charge in [-0.3, -0.25) is 0 Å². The zero-order chi connectivity index (χ0) is 19.9. The molecule has 0 radical (unpaired) electrons. The van der Waals surface area contributed by atoms with Gasteiger partial charge < -0.3 is 50.0 Å². The van der Waals surface area contributed by atoms with Gasteiger partial charge in [0.15, 0.2) is 6.29 Å². The van der Waals surface area contributed by atoms with E-state index in [2.05, 4.69) is 0 Å². The van der Waals surface area contributed by atoms with Crippen LogP contribution in [0, 0.1) is 11.8 Å². The number of aliphatic hydroxyl groups is 6. The zero-order valence-corrected chi connectivity index (χ0v) is 14.0. The van der Waals surface area contributed by atoms with E-state index >= 15 is 0 Å². The van der Waals surface area contributed by atoms with E-state index in [1.807, 2.05) is 0 Å². The molecule has 2 aliphatic heterocycles. The van der Waals surface area contributed by atoms with Crippen LogP contribution in [0.2, 0.25) is 0 Å². The van der Waals surface area contributed by atoms with Crippen molar-refractivity contribution in [2.75, 3.05) is 13.2 Å². The van der Waals surface area contributed by atoms with E-state index in [1.165, 1.54) is 6.08 Å². The summed E-state index contributed by atoms with van der Waals surface area (Å²) < 4.78 is 16.1. The van der Waals surface area contributed by atoms with E-state index in [0.717, 1.165) is 6.26 Å². The molecule has 27 heavy (non-hydrogen) atoms. The van der Waals surface area contributed by atoms with Crippen LogP contribution in [0.15, 0.2) is 23.5 Å². The first-order chi connectivity index (χ1) is 12.8. The number of carbonyl (C=O) groups is 1. The lowest BCUT2D eigenvalue weighted by Gasteiger charge is -2.43. The Kier molecular flexibility index (Phi) is 5.84. The minimum Gasteiger partial charge on any atom is -0.478 e. The van der Waals surface area contributed by atoms with Crippen molar-refractivity contribution in [2.24, 2.45) is 11.8 Å². The molecule has 3 aliphatic rings. The third-order valence-electron chi connectivity index (χ3n) is 5.10. The maximum atomic E-state index is 11.4. The van der Waals surface area contributed by atoms with Crippen molar-refractivity contribution in [3.63, 3.8) is 0 Å². The lowest BCUT2D eigenvalue weighted by molar-refractivity contribution is -0.340. The Morgan fingerprint density at radius 2 is 1.74 bits per heavy atom. The maximum Gasteiger partial charge on any atom is 0.335 e. The Hall–Kier alpha value is -1.57. The Labute approximate surface area is 153 Å². The fraction of sp³-hybridized carbons (Fsp3) is 0.688. The maximum absolute atomic E-state index is 11.4. The Balaban J connectivity index is 1.84. The molecule has 0 unspecified atom stereocenters. The monoisotopic (exact) mass is 390 g/mol. The first-order valence-electron chi connectivity index (χ1n) is 8.34. The van der Waals surface area contributed by atoms with E-state index in [-0.39, 0.29) is 11.1 Å². The van der Waals surface area contributed by atoms with Gasteiger partial charge in [-0.15, -0.1) is 0 Å². The summed E-state index contributed by atoms with van der Waals surface area (Å²) in [6.45, 7) is -1.13. The van der Waals surface area contributed by atoms with Crippen LogP contribution in [0.1, 0.15) is 0 Å². The fourth-order valence-corrected chi connectivity index (χ4v) is 3.68. The molecule has 152 valence electrons. The number of hydrogen-bond acceptors (Lipinski definition) is 10. The second kappa shape index (κ2) is 7.81. The molecule has 0 aromatic carbocycles. The first kappa shape index (κ1) is 20.2. The standard InChI is InChI=1S/C16H22O11/c17-2-5-1-7(19)10-6(14(23)24)4-25-15(9(5)10)27-16-13(22)12(21)11(20)8(3-18)26-16/h1,4,7-13,15-22H,2-3H2,(H,23,24)/t7-,8-,9-,10+,11-,12+,13-,15-,16-/m1/s1. The molecule has 7 N–H and O–H groups in total. The van der Waals surface area contributed by atoms with Gasteiger partial charge in [0, 0.05) is 5.92 Å². The normalized spacial score (nSPS) is 44.1. The van der Waals surface area contributed by atoms with Gasteiger partial charge in [-0.05, 0) is 5.57 Å². The summed E-state index contributed by atoms with van der Waals surface area (Å²) in [6.07, 6.45) is -7.83. The summed E-state index contributed by atoms with van der Waals surface area (Å²) in [7, 11) is 0. The van der Waals surface area contributed by atoms with Gasteiger partial charge in [-0.1, -0.05) is 6.08 Å². The van der Waals surface area contributed by atoms with Crippen LogP contribution >= 0.6 is 0 Å². The van der Waals surface area contributed by atoms with Gasteiger partial charge in [0.2, 0.25) is 6.29 Å². The average Bonchev–Trinajstić information content (AvgIpc) is 2.99. The summed E-state index contributed by atoms with van der Waals surface area (Å²) in [4.78, 5) is 11.4. The number of hydrogen-bond donors (Lipinski definition) is 7. The quantitative estimate of drug-likeness (QED) is 0.233. The van der Waals surface area contributed by atoms with Crippen molar-refractivity contribution in [2.45, 2.75) is 43.1 Å². The van der Waals surface area contributed by atoms with Gasteiger partial charge in [0.25, 0.3) is 0 Å². The van der Waals surface area contributed by atoms with Gasteiger partial charge in [0.05, 0.1) is 37.1 Å². The second-order valence-corrected chi connectivity index (χ2v) is 6.66. The number of carboxylic acids is 1. The third-order valence-corrected chi connectivity index (χ3v) is 5.10. The van der Waals surface area contributed by atoms with Gasteiger partial charge in [-0.2, -0.15) is 0 Å². The molecule has 11 nitrogen and oxygen atoms in total. The predicted octanol–water partition coefficient (Wildman–Crippen LogP) is -3.35. The highest BCUT2D eigenvalue weighted by molar-refractivity contribution is 5.87. The number of ether oxygens (including phenoxy) is 3. The molecule has 0 aromatic rings. The summed E-state index contributed by atoms with van der Waals surface area (Å²) in [5.41, 5.74) is 0.0785. The lowest BCUT2D eigenvalue weighted by atomic mass is 9.82. The van der Waals surface area contributed by atoms with Crippen molar-refractivity contribution in [1.29, 1.82) is 0 Å². The molecule has 1 saturated heterocycles. The molecule has 0 aromatic heterocycles. The highest BCUT2D eigenvalue weighted by atomic mass is 16.8. The Morgan fingerprint density at radius 3 is 2.33 bits per heavy atom. The molecule has 2 heterocycles. The van der Waals surface area contributed by atoms with Gasteiger partial charge >= 0.3 is 5.97 Å². The van der Waals surface area contributed by atoms with E-state index in [9.17, 15) is 40.5 Å². The molecule has 0 spiro atoms. The van der Waals surface area contributed by atoms with Crippen LogP contribution in [0.25, 0.3) is 0 Å². The highest BCUT2D eigenvalue weighted by Gasteiger charge is 2.51. The van der Waals surface area contributed by atoms with Gasteiger partial charge in [0.1, 0.15) is 24.4 Å². The van der Waals surface area contributed by atoms with Crippen LogP contribution in [-0.2, 0) is 19.0 Å². The third kappa shape index (κ3) is 3.48. The van der Waals surface area contributed by atoms with Crippen LogP contribution < -0.4 is 0 Å². The summed E-state index contributed by atoms with van der Waals surface area (Å²) in [5, 5.41) is 68.0. The number of carboxylic acid groups (broad SMARTS) is 1. The molecule has 1 fully saturated rings. The van der Waals surface area contributed by atoms with E-state index in [4.69, 9.17) is 14.2 Å². The zero-order valence-electron chi connectivity index (χ0n) is 14.0. The topological polar surface area (TPSA) is 186 Å². The second-order valence-electron chi connectivity index (χ2n) is 6.66. The predicted molar refractivity (Wildman–Crippen MR) is 83.6 cm³/mol. The number of aliphatic hydroxyl groups excluding tert-OH is 6.